The van der Waals surface area contributed by atoms with E-state index in [0.717, 1.165) is 0 Å². The topological polar surface area (TPSA) is 123 Å². The van der Waals surface area contributed by atoms with E-state index in [1.165, 1.54) is 6.33 Å². The minimum Gasteiger partial charge on any atom is -0.481 e. The van der Waals surface area contributed by atoms with Crippen molar-refractivity contribution in [2.45, 2.75) is 31.8 Å². The lowest BCUT2D eigenvalue weighted by Gasteiger charge is -2.16. The zero-order valence-electron chi connectivity index (χ0n) is 10.3. The summed E-state index contributed by atoms with van der Waals surface area (Å²) in [4.78, 5) is 22.1. The molecule has 2 unspecified atom stereocenters. The average Bonchev–Trinajstić information content (AvgIpc) is 2.72. The zero-order valence-corrected chi connectivity index (χ0v) is 10.3. The fourth-order valence-electron chi connectivity index (χ4n) is 1.48. The number of carbonyl (C=O) groups excluding carboxylic acids is 1. The Bertz CT molecular complexity index is 431. The van der Waals surface area contributed by atoms with E-state index < -0.39 is 17.9 Å². The number of carboxylic acids is 1. The maximum Gasteiger partial charge on any atom is 0.303 e. The Morgan fingerprint density at radius 1 is 1.61 bits per heavy atom. The van der Waals surface area contributed by atoms with Crippen LogP contribution in [0.4, 0.5) is 0 Å². The van der Waals surface area contributed by atoms with E-state index in [2.05, 4.69) is 15.5 Å². The molecular formula is C10H17N5O3. The van der Waals surface area contributed by atoms with Gasteiger partial charge in [-0.1, -0.05) is 0 Å². The summed E-state index contributed by atoms with van der Waals surface area (Å²) in [5, 5.41) is 18.7. The van der Waals surface area contributed by atoms with E-state index in [0.29, 0.717) is 5.82 Å². The first-order chi connectivity index (χ1) is 8.41. The molecule has 1 aromatic rings. The van der Waals surface area contributed by atoms with Crippen molar-refractivity contribution in [3.8, 4) is 0 Å². The lowest BCUT2D eigenvalue weighted by atomic mass is 10.1. The Kier molecular flexibility index (Phi) is 4.78. The van der Waals surface area contributed by atoms with Crippen LogP contribution >= 0.6 is 0 Å². The molecule has 4 N–H and O–H groups in total. The number of hydrogen-bond donors (Lipinski definition) is 3. The standard InChI is InChI=1S/C10H17N5O3/c1-6(9-14-12-5-15(9)2)13-10(18)7(11)3-4-8(16)17/h5-7H,3-4,11H2,1-2H3,(H,13,18)(H,16,17). The highest BCUT2D eigenvalue weighted by atomic mass is 16.4. The predicted molar refractivity (Wildman–Crippen MR) is 62.4 cm³/mol. The van der Waals surface area contributed by atoms with E-state index in [9.17, 15) is 9.59 Å². The number of aryl methyl sites for hydroxylation is 1. The summed E-state index contributed by atoms with van der Waals surface area (Å²) in [5.41, 5.74) is 5.59. The van der Waals surface area contributed by atoms with Crippen molar-refractivity contribution in [3.05, 3.63) is 12.2 Å². The van der Waals surface area contributed by atoms with Crippen LogP contribution in [-0.4, -0.2) is 37.8 Å². The number of carboxylic acid groups (broad SMARTS) is 1. The number of nitrogens with one attached hydrogen (secondary N) is 1. The van der Waals surface area contributed by atoms with Crippen LogP contribution in [0.1, 0.15) is 31.6 Å². The minimum atomic E-state index is -0.973. The van der Waals surface area contributed by atoms with Crippen LogP contribution in [0, 0.1) is 0 Å². The molecule has 8 heteroatoms. The first-order valence-electron chi connectivity index (χ1n) is 5.53. The summed E-state index contributed by atoms with van der Waals surface area (Å²) in [5.74, 6) is -0.764. The average molecular weight is 255 g/mol. The normalized spacial score (nSPS) is 13.9. The lowest BCUT2D eigenvalue weighted by molar-refractivity contribution is -0.137. The first-order valence-corrected chi connectivity index (χ1v) is 5.53. The van der Waals surface area contributed by atoms with Crippen molar-refractivity contribution in [1.29, 1.82) is 0 Å². The second-order valence-electron chi connectivity index (χ2n) is 4.07. The number of hydrogen-bond acceptors (Lipinski definition) is 5. The number of nitrogens with zero attached hydrogens (tertiary/aromatic N) is 3. The quantitative estimate of drug-likeness (QED) is 0.610. The van der Waals surface area contributed by atoms with Gasteiger partial charge in [-0.25, -0.2) is 0 Å². The van der Waals surface area contributed by atoms with Crippen LogP contribution < -0.4 is 11.1 Å². The molecule has 0 spiro atoms. The number of aliphatic carboxylic acids is 1. The highest BCUT2D eigenvalue weighted by Crippen LogP contribution is 2.07. The van der Waals surface area contributed by atoms with Gasteiger partial charge in [-0.3, -0.25) is 9.59 Å². The molecule has 0 bridgehead atoms. The SMILES string of the molecule is CC(NC(=O)C(N)CCC(=O)O)c1nncn1C. The fraction of sp³-hybridized carbons (Fsp3) is 0.600. The van der Waals surface area contributed by atoms with E-state index in [-0.39, 0.29) is 18.9 Å². The third kappa shape index (κ3) is 3.81. The van der Waals surface area contributed by atoms with Crippen LogP contribution in [-0.2, 0) is 16.6 Å². The maximum atomic E-state index is 11.7. The van der Waals surface area contributed by atoms with Gasteiger partial charge in [0.1, 0.15) is 6.33 Å². The zero-order chi connectivity index (χ0) is 13.7. The monoisotopic (exact) mass is 255 g/mol. The van der Waals surface area contributed by atoms with Crippen molar-refractivity contribution in [1.82, 2.24) is 20.1 Å². The smallest absolute Gasteiger partial charge is 0.303 e. The van der Waals surface area contributed by atoms with Gasteiger partial charge >= 0.3 is 5.97 Å². The molecule has 0 aromatic carbocycles. The Morgan fingerprint density at radius 3 is 2.78 bits per heavy atom. The molecule has 0 aliphatic heterocycles. The molecule has 0 aliphatic rings. The van der Waals surface area contributed by atoms with Gasteiger partial charge in [-0.15, -0.1) is 10.2 Å². The number of aromatic nitrogens is 3. The molecule has 1 heterocycles. The van der Waals surface area contributed by atoms with E-state index in [1.54, 1.807) is 18.5 Å². The highest BCUT2D eigenvalue weighted by molar-refractivity contribution is 5.82. The molecule has 0 fully saturated rings. The molecule has 0 saturated heterocycles. The van der Waals surface area contributed by atoms with Crippen molar-refractivity contribution in [2.24, 2.45) is 12.8 Å². The van der Waals surface area contributed by atoms with Crippen LogP contribution in [0.25, 0.3) is 0 Å². The molecule has 8 nitrogen and oxygen atoms in total. The molecule has 100 valence electrons. The van der Waals surface area contributed by atoms with Gasteiger partial charge in [0, 0.05) is 13.5 Å². The minimum absolute atomic E-state index is 0.104. The second-order valence-corrected chi connectivity index (χ2v) is 4.07. The molecular weight excluding hydrogens is 238 g/mol. The Morgan fingerprint density at radius 2 is 2.28 bits per heavy atom. The Hall–Kier alpha value is -1.96. The molecule has 0 aliphatic carbocycles. The van der Waals surface area contributed by atoms with E-state index >= 15 is 0 Å². The van der Waals surface area contributed by atoms with Crippen molar-refractivity contribution in [2.75, 3.05) is 0 Å². The number of amides is 1. The van der Waals surface area contributed by atoms with Gasteiger partial charge < -0.3 is 20.7 Å². The number of nitrogens with two attached hydrogens (primary N) is 1. The molecule has 18 heavy (non-hydrogen) atoms. The lowest BCUT2D eigenvalue weighted by Crippen LogP contribution is -2.42. The number of rotatable bonds is 6. The van der Waals surface area contributed by atoms with Gasteiger partial charge in [0.25, 0.3) is 0 Å². The predicted octanol–water partition coefficient (Wildman–Crippen LogP) is -0.816. The Balaban J connectivity index is 2.49. The van der Waals surface area contributed by atoms with E-state index in [4.69, 9.17) is 10.8 Å². The van der Waals surface area contributed by atoms with Crippen LogP contribution in [0.15, 0.2) is 6.33 Å². The molecule has 1 amide bonds. The third-order valence-electron chi connectivity index (χ3n) is 2.50. The van der Waals surface area contributed by atoms with Crippen LogP contribution in [0.3, 0.4) is 0 Å². The van der Waals surface area contributed by atoms with Crippen LogP contribution in [0.5, 0.6) is 0 Å². The van der Waals surface area contributed by atoms with E-state index in [1.807, 2.05) is 0 Å². The van der Waals surface area contributed by atoms with Gasteiger partial charge in [-0.2, -0.15) is 0 Å². The summed E-state index contributed by atoms with van der Waals surface area (Å²) < 4.78 is 1.69. The van der Waals surface area contributed by atoms with Gasteiger partial charge in [0.05, 0.1) is 12.1 Å². The fourth-order valence-corrected chi connectivity index (χ4v) is 1.48. The number of carbonyl (C=O) groups is 2. The van der Waals surface area contributed by atoms with Gasteiger partial charge in [0.2, 0.25) is 5.91 Å². The summed E-state index contributed by atoms with van der Waals surface area (Å²) in [6, 6.07) is -1.17. The molecule has 2 atom stereocenters. The van der Waals surface area contributed by atoms with Crippen molar-refractivity contribution < 1.29 is 14.7 Å². The summed E-state index contributed by atoms with van der Waals surface area (Å²) >= 11 is 0. The van der Waals surface area contributed by atoms with Crippen molar-refractivity contribution in [3.63, 3.8) is 0 Å². The maximum absolute atomic E-state index is 11.7. The summed E-state index contributed by atoms with van der Waals surface area (Å²) in [6.45, 7) is 1.76. The Labute approximate surface area is 104 Å². The van der Waals surface area contributed by atoms with Crippen LogP contribution in [0.2, 0.25) is 0 Å². The summed E-state index contributed by atoms with van der Waals surface area (Å²) in [6.07, 6.45) is 1.50. The summed E-state index contributed by atoms with van der Waals surface area (Å²) in [7, 11) is 1.77. The first kappa shape index (κ1) is 14.1. The molecule has 0 saturated carbocycles. The molecule has 1 rings (SSSR count). The largest absolute Gasteiger partial charge is 0.481 e. The van der Waals surface area contributed by atoms with Crippen molar-refractivity contribution >= 4 is 11.9 Å². The van der Waals surface area contributed by atoms with Gasteiger partial charge in [-0.05, 0) is 13.3 Å². The molecule has 1 aromatic heterocycles. The third-order valence-corrected chi connectivity index (χ3v) is 2.50. The second kappa shape index (κ2) is 6.10. The highest BCUT2D eigenvalue weighted by Gasteiger charge is 2.19. The van der Waals surface area contributed by atoms with Gasteiger partial charge in [0.15, 0.2) is 5.82 Å². The molecule has 0 radical (unpaired) electrons.